The molecule has 0 saturated carbocycles. The fraction of sp³-hybridized carbons (Fsp3) is 0.188. The molecule has 0 radical (unpaired) electrons. The molecule has 0 amide bonds. The van der Waals surface area contributed by atoms with Crippen LogP contribution in [0.2, 0.25) is 0 Å². The smallest absolute Gasteiger partial charge is 0.165 e. The lowest BCUT2D eigenvalue weighted by Crippen LogP contribution is -2.15. The van der Waals surface area contributed by atoms with Gasteiger partial charge in [-0.2, -0.15) is 5.10 Å². The van der Waals surface area contributed by atoms with Gasteiger partial charge in [0.25, 0.3) is 0 Å². The van der Waals surface area contributed by atoms with Crippen LogP contribution in [0.25, 0.3) is 0 Å². The van der Waals surface area contributed by atoms with Gasteiger partial charge in [-0.1, -0.05) is 35.9 Å². The molecule has 3 rings (SSSR count). The van der Waals surface area contributed by atoms with Crippen LogP contribution in [0.1, 0.15) is 33.3 Å². The van der Waals surface area contributed by atoms with Gasteiger partial charge in [0.1, 0.15) is 12.7 Å². The Kier molecular flexibility index (Phi) is 3.92. The Bertz CT molecular complexity index is 668. The van der Waals surface area contributed by atoms with Crippen molar-refractivity contribution in [2.24, 2.45) is 0 Å². The zero-order valence-corrected chi connectivity index (χ0v) is 12.5. The number of hydrogen-bond acceptors (Lipinski definition) is 4. The molecule has 2 aromatic heterocycles. The van der Waals surface area contributed by atoms with Crippen LogP contribution in [-0.4, -0.2) is 20.5 Å². The third-order valence-corrected chi connectivity index (χ3v) is 4.35. The summed E-state index contributed by atoms with van der Waals surface area (Å²) in [5, 5.41) is 6.20. The van der Waals surface area contributed by atoms with Gasteiger partial charge in [0.15, 0.2) is 5.78 Å². The van der Waals surface area contributed by atoms with Gasteiger partial charge in [0.05, 0.1) is 6.04 Å². The van der Waals surface area contributed by atoms with E-state index in [1.807, 2.05) is 48.7 Å². The Labute approximate surface area is 127 Å². The van der Waals surface area contributed by atoms with Crippen LogP contribution in [0, 0.1) is 6.92 Å². The van der Waals surface area contributed by atoms with Gasteiger partial charge < -0.3 is 0 Å². The zero-order chi connectivity index (χ0) is 14.7. The topological polar surface area (TPSA) is 47.8 Å². The van der Waals surface area contributed by atoms with Gasteiger partial charge in [0, 0.05) is 16.9 Å². The molecular formula is C16H15N3OS. The van der Waals surface area contributed by atoms with Crippen molar-refractivity contribution >= 4 is 17.1 Å². The highest BCUT2D eigenvalue weighted by molar-refractivity contribution is 7.10. The van der Waals surface area contributed by atoms with Crippen molar-refractivity contribution in [3.63, 3.8) is 0 Å². The lowest BCUT2D eigenvalue weighted by molar-refractivity contribution is 0.0968. The van der Waals surface area contributed by atoms with Crippen LogP contribution in [0.15, 0.2) is 54.4 Å². The molecule has 0 spiro atoms. The molecule has 0 bridgehead atoms. The number of thiophene rings is 1. The summed E-state index contributed by atoms with van der Waals surface area (Å²) in [4.78, 5) is 17.6. The third-order valence-electron chi connectivity index (χ3n) is 3.38. The minimum atomic E-state index is -0.0960. The first-order chi connectivity index (χ1) is 10.2. The summed E-state index contributed by atoms with van der Waals surface area (Å²) in [5.41, 5.74) is 1.89. The molecular weight excluding hydrogens is 282 g/mol. The van der Waals surface area contributed by atoms with E-state index in [-0.39, 0.29) is 11.8 Å². The number of rotatable bonds is 5. The Morgan fingerprint density at radius 3 is 2.71 bits per heavy atom. The highest BCUT2D eigenvalue weighted by Crippen LogP contribution is 2.26. The van der Waals surface area contributed by atoms with E-state index in [1.54, 1.807) is 22.3 Å². The Balaban J connectivity index is 1.85. The lowest BCUT2D eigenvalue weighted by atomic mass is 10.0. The van der Waals surface area contributed by atoms with Crippen molar-refractivity contribution in [1.29, 1.82) is 0 Å². The van der Waals surface area contributed by atoms with Crippen LogP contribution >= 0.6 is 11.3 Å². The normalized spacial score (nSPS) is 12.2. The standard InChI is InChI=1S/C16H15N3OS/c1-12-4-6-13(7-5-12)15(20)9-14(16-3-2-8-21-16)19-11-17-10-18-19/h2-8,10-11,14H,9H2,1H3. The molecule has 0 aliphatic carbocycles. The predicted molar refractivity (Wildman–Crippen MR) is 82.6 cm³/mol. The number of carbonyl (C=O) groups is 1. The molecule has 3 aromatic rings. The second-order valence-corrected chi connectivity index (χ2v) is 5.88. The number of hydrogen-bond donors (Lipinski definition) is 0. The van der Waals surface area contributed by atoms with Crippen LogP contribution < -0.4 is 0 Å². The molecule has 0 saturated heterocycles. The second kappa shape index (κ2) is 6.01. The Morgan fingerprint density at radius 2 is 2.10 bits per heavy atom. The van der Waals surface area contributed by atoms with Crippen molar-refractivity contribution in [3.05, 3.63) is 70.4 Å². The van der Waals surface area contributed by atoms with E-state index >= 15 is 0 Å². The molecule has 0 N–H and O–H groups in total. The van der Waals surface area contributed by atoms with E-state index in [9.17, 15) is 4.79 Å². The summed E-state index contributed by atoms with van der Waals surface area (Å²) >= 11 is 1.63. The number of ketones is 1. The van der Waals surface area contributed by atoms with Crippen LogP contribution in [0.3, 0.4) is 0 Å². The first-order valence-electron chi connectivity index (χ1n) is 6.71. The van der Waals surface area contributed by atoms with Gasteiger partial charge in [-0.15, -0.1) is 11.3 Å². The van der Waals surface area contributed by atoms with E-state index in [4.69, 9.17) is 0 Å². The van der Waals surface area contributed by atoms with E-state index in [2.05, 4.69) is 10.1 Å². The van der Waals surface area contributed by atoms with Crippen LogP contribution in [0.5, 0.6) is 0 Å². The maximum absolute atomic E-state index is 12.5. The third kappa shape index (κ3) is 3.08. The van der Waals surface area contributed by atoms with Crippen LogP contribution in [0.4, 0.5) is 0 Å². The van der Waals surface area contributed by atoms with E-state index in [0.717, 1.165) is 16.0 Å². The molecule has 0 aliphatic heterocycles. The second-order valence-electron chi connectivity index (χ2n) is 4.90. The van der Waals surface area contributed by atoms with Gasteiger partial charge in [-0.3, -0.25) is 4.79 Å². The largest absolute Gasteiger partial charge is 0.294 e. The molecule has 1 atom stereocenters. The predicted octanol–water partition coefficient (Wildman–Crippen LogP) is 3.51. The average molecular weight is 297 g/mol. The number of Topliss-reactive ketones (excluding diaryl/α,β-unsaturated/α-hetero) is 1. The van der Waals surface area contributed by atoms with Crippen molar-refractivity contribution in [1.82, 2.24) is 14.8 Å². The molecule has 21 heavy (non-hydrogen) atoms. The minimum absolute atomic E-state index is 0.0960. The Hall–Kier alpha value is -2.27. The first kappa shape index (κ1) is 13.7. The van der Waals surface area contributed by atoms with E-state index < -0.39 is 0 Å². The molecule has 0 aliphatic rings. The van der Waals surface area contributed by atoms with E-state index in [0.29, 0.717) is 6.42 Å². The quantitative estimate of drug-likeness (QED) is 0.677. The fourth-order valence-corrected chi connectivity index (χ4v) is 3.04. The Morgan fingerprint density at radius 1 is 1.29 bits per heavy atom. The molecule has 1 unspecified atom stereocenters. The highest BCUT2D eigenvalue weighted by atomic mass is 32.1. The molecule has 5 heteroatoms. The van der Waals surface area contributed by atoms with Gasteiger partial charge >= 0.3 is 0 Å². The maximum atomic E-state index is 12.5. The van der Waals surface area contributed by atoms with Crippen molar-refractivity contribution in [2.75, 3.05) is 0 Å². The summed E-state index contributed by atoms with van der Waals surface area (Å²) in [6.45, 7) is 2.01. The fourth-order valence-electron chi connectivity index (χ4n) is 2.22. The van der Waals surface area contributed by atoms with Gasteiger partial charge in [-0.25, -0.2) is 9.67 Å². The van der Waals surface area contributed by atoms with E-state index in [1.165, 1.54) is 6.33 Å². The van der Waals surface area contributed by atoms with Crippen LogP contribution in [-0.2, 0) is 0 Å². The lowest BCUT2D eigenvalue weighted by Gasteiger charge is -2.15. The number of nitrogens with zero attached hydrogens (tertiary/aromatic N) is 3. The number of benzene rings is 1. The van der Waals surface area contributed by atoms with Crippen molar-refractivity contribution in [2.45, 2.75) is 19.4 Å². The minimum Gasteiger partial charge on any atom is -0.294 e. The number of aromatic nitrogens is 3. The summed E-state index contributed by atoms with van der Waals surface area (Å²) in [6.07, 6.45) is 3.54. The average Bonchev–Trinajstić information content (AvgIpc) is 3.19. The summed E-state index contributed by atoms with van der Waals surface area (Å²) in [6, 6.07) is 11.6. The monoisotopic (exact) mass is 297 g/mol. The number of carbonyl (C=O) groups excluding carboxylic acids is 1. The molecule has 4 nitrogen and oxygen atoms in total. The van der Waals surface area contributed by atoms with Gasteiger partial charge in [-0.05, 0) is 18.4 Å². The molecule has 106 valence electrons. The molecule has 1 aromatic carbocycles. The molecule has 0 fully saturated rings. The first-order valence-corrected chi connectivity index (χ1v) is 7.59. The van der Waals surface area contributed by atoms with Gasteiger partial charge in [0.2, 0.25) is 0 Å². The maximum Gasteiger partial charge on any atom is 0.165 e. The zero-order valence-electron chi connectivity index (χ0n) is 11.6. The summed E-state index contributed by atoms with van der Waals surface area (Å²) in [7, 11) is 0. The van der Waals surface area contributed by atoms with Crippen molar-refractivity contribution in [3.8, 4) is 0 Å². The van der Waals surface area contributed by atoms with Crippen molar-refractivity contribution < 1.29 is 4.79 Å². The molecule has 2 heterocycles. The highest BCUT2D eigenvalue weighted by Gasteiger charge is 2.20. The SMILES string of the molecule is Cc1ccc(C(=O)CC(c2cccs2)n2cncn2)cc1. The number of aryl methyl sites for hydroxylation is 1. The summed E-state index contributed by atoms with van der Waals surface area (Å²) < 4.78 is 1.75. The summed E-state index contributed by atoms with van der Waals surface area (Å²) in [5.74, 6) is 0.115.